The van der Waals surface area contributed by atoms with Crippen molar-refractivity contribution >= 4 is 11.6 Å². The first-order valence-corrected chi connectivity index (χ1v) is 8.30. The van der Waals surface area contributed by atoms with Crippen LogP contribution < -0.4 is 14.8 Å². The van der Waals surface area contributed by atoms with Crippen LogP contribution in [0, 0.1) is 6.92 Å². The third-order valence-corrected chi connectivity index (χ3v) is 3.98. The molecule has 0 atom stereocenters. The summed E-state index contributed by atoms with van der Waals surface area (Å²) in [5.74, 6) is 1.68. The minimum atomic E-state index is -0.327. The summed E-state index contributed by atoms with van der Waals surface area (Å²) < 4.78 is 18.3. The van der Waals surface area contributed by atoms with Crippen molar-refractivity contribution in [3.8, 4) is 11.5 Å². The molecule has 2 heterocycles. The average Bonchev–Trinajstić information content (AvgIpc) is 3.27. The van der Waals surface area contributed by atoms with Crippen molar-refractivity contribution in [2.24, 2.45) is 0 Å². The molecule has 0 bridgehead atoms. The first kappa shape index (κ1) is 17.6. The van der Waals surface area contributed by atoms with Gasteiger partial charge in [-0.15, -0.1) is 0 Å². The second kappa shape index (κ2) is 7.77. The molecule has 1 amide bonds. The molecule has 0 unspecified atom stereocenters. The predicted molar refractivity (Wildman–Crippen MR) is 96.6 cm³/mol. The minimum absolute atomic E-state index is 0.195. The zero-order valence-electron chi connectivity index (χ0n) is 15.0. The Morgan fingerprint density at radius 3 is 2.69 bits per heavy atom. The van der Waals surface area contributed by atoms with E-state index in [4.69, 9.17) is 13.9 Å². The summed E-state index contributed by atoms with van der Waals surface area (Å²) in [6.07, 6.45) is 1.63. The Labute approximate surface area is 151 Å². The second-order valence-corrected chi connectivity index (χ2v) is 5.62. The van der Waals surface area contributed by atoms with Crippen LogP contribution in [0.15, 0.2) is 47.0 Å². The topological polar surface area (TPSA) is 78.5 Å². The van der Waals surface area contributed by atoms with E-state index in [1.165, 1.54) is 0 Å². The molecule has 0 aliphatic rings. The van der Waals surface area contributed by atoms with Crippen LogP contribution in [0.5, 0.6) is 11.5 Å². The number of hydrogen-bond acceptors (Lipinski definition) is 5. The lowest BCUT2D eigenvalue weighted by Gasteiger charge is -2.08. The van der Waals surface area contributed by atoms with E-state index in [9.17, 15) is 4.79 Å². The van der Waals surface area contributed by atoms with E-state index >= 15 is 0 Å². The van der Waals surface area contributed by atoms with Gasteiger partial charge in [0.15, 0.2) is 17.3 Å². The molecule has 0 aliphatic carbocycles. The number of hydrogen-bond donors (Lipinski definition) is 1. The molecule has 0 saturated carbocycles. The van der Waals surface area contributed by atoms with Crippen LogP contribution in [0.4, 0.5) is 5.69 Å². The molecule has 136 valence electrons. The smallest absolute Gasteiger partial charge is 0.291 e. The number of carbonyl (C=O) groups is 1. The fourth-order valence-electron chi connectivity index (χ4n) is 2.54. The van der Waals surface area contributed by atoms with Gasteiger partial charge in [-0.2, -0.15) is 5.10 Å². The van der Waals surface area contributed by atoms with Crippen molar-refractivity contribution < 1.29 is 18.7 Å². The molecule has 0 fully saturated rings. The van der Waals surface area contributed by atoms with E-state index < -0.39 is 0 Å². The van der Waals surface area contributed by atoms with E-state index in [1.807, 2.05) is 42.8 Å². The Morgan fingerprint density at radius 1 is 1.23 bits per heavy atom. The molecule has 26 heavy (non-hydrogen) atoms. The Bertz CT molecular complexity index is 898. The lowest BCUT2D eigenvalue weighted by molar-refractivity contribution is 0.0992. The summed E-state index contributed by atoms with van der Waals surface area (Å²) >= 11 is 0. The molecule has 0 spiro atoms. The van der Waals surface area contributed by atoms with Crippen LogP contribution in [0.1, 0.15) is 28.9 Å². The highest BCUT2D eigenvalue weighted by atomic mass is 16.5. The lowest BCUT2D eigenvalue weighted by atomic mass is 10.3. The van der Waals surface area contributed by atoms with Crippen LogP contribution >= 0.6 is 0 Å². The molecule has 3 aromatic rings. The van der Waals surface area contributed by atoms with Gasteiger partial charge in [0, 0.05) is 6.54 Å². The Kier molecular flexibility index (Phi) is 5.26. The maximum Gasteiger partial charge on any atom is 0.291 e. The van der Waals surface area contributed by atoms with E-state index in [1.54, 1.807) is 25.4 Å². The monoisotopic (exact) mass is 355 g/mol. The molecular formula is C19H21N3O4. The molecule has 7 nitrogen and oxygen atoms in total. The number of ether oxygens (including phenoxy) is 2. The number of aryl methyl sites for hydroxylation is 1. The summed E-state index contributed by atoms with van der Waals surface area (Å²) in [6, 6.07) is 10.7. The molecule has 0 radical (unpaired) electrons. The Morgan fingerprint density at radius 2 is 2.00 bits per heavy atom. The number of methoxy groups -OCH3 is 1. The van der Waals surface area contributed by atoms with Crippen molar-refractivity contribution in [1.82, 2.24) is 9.78 Å². The van der Waals surface area contributed by atoms with E-state index in [0.717, 1.165) is 12.2 Å². The van der Waals surface area contributed by atoms with Gasteiger partial charge in [0.1, 0.15) is 12.4 Å². The van der Waals surface area contributed by atoms with Gasteiger partial charge in [-0.05, 0) is 38.1 Å². The molecule has 2 aromatic heterocycles. The van der Waals surface area contributed by atoms with Crippen molar-refractivity contribution in [2.45, 2.75) is 27.0 Å². The number of rotatable bonds is 7. The first-order valence-electron chi connectivity index (χ1n) is 8.30. The largest absolute Gasteiger partial charge is 0.493 e. The fourth-order valence-corrected chi connectivity index (χ4v) is 2.54. The molecular weight excluding hydrogens is 334 g/mol. The maximum absolute atomic E-state index is 12.3. The number of carbonyl (C=O) groups excluding carboxylic acids is 1. The van der Waals surface area contributed by atoms with Crippen LogP contribution in [-0.2, 0) is 13.2 Å². The highest BCUT2D eigenvalue weighted by Crippen LogP contribution is 2.27. The van der Waals surface area contributed by atoms with E-state index in [0.29, 0.717) is 22.9 Å². The number of para-hydroxylation sites is 2. The minimum Gasteiger partial charge on any atom is -0.493 e. The number of amides is 1. The number of aromatic nitrogens is 2. The molecule has 0 saturated heterocycles. The van der Waals surface area contributed by atoms with Crippen molar-refractivity contribution in [3.63, 3.8) is 0 Å². The Hall–Kier alpha value is -3.22. The van der Waals surface area contributed by atoms with Crippen LogP contribution in [0.25, 0.3) is 0 Å². The summed E-state index contributed by atoms with van der Waals surface area (Å²) in [4.78, 5) is 12.3. The van der Waals surface area contributed by atoms with E-state index in [-0.39, 0.29) is 18.3 Å². The molecule has 1 aromatic carbocycles. The van der Waals surface area contributed by atoms with Crippen molar-refractivity contribution in [1.29, 1.82) is 0 Å². The van der Waals surface area contributed by atoms with Gasteiger partial charge >= 0.3 is 0 Å². The highest BCUT2D eigenvalue weighted by Gasteiger charge is 2.15. The van der Waals surface area contributed by atoms with Crippen LogP contribution in [0.2, 0.25) is 0 Å². The summed E-state index contributed by atoms with van der Waals surface area (Å²) in [5, 5.41) is 7.01. The standard InChI is InChI=1S/C19H21N3O4/c1-4-22-13(2)15(11-20-22)21-19(23)18-10-9-14(26-18)12-25-17-8-6-5-7-16(17)24-3/h5-11H,4,12H2,1-3H3,(H,21,23). The third-order valence-electron chi connectivity index (χ3n) is 3.98. The quantitative estimate of drug-likeness (QED) is 0.700. The lowest BCUT2D eigenvalue weighted by Crippen LogP contribution is -2.11. The maximum atomic E-state index is 12.3. The number of anilines is 1. The number of furan rings is 1. The summed E-state index contributed by atoms with van der Waals surface area (Å²) in [5.41, 5.74) is 1.56. The van der Waals surface area contributed by atoms with Crippen LogP contribution in [0.3, 0.4) is 0 Å². The van der Waals surface area contributed by atoms with Gasteiger partial charge in [0.05, 0.1) is 24.7 Å². The zero-order valence-corrected chi connectivity index (χ0v) is 15.0. The van der Waals surface area contributed by atoms with Gasteiger partial charge in [-0.25, -0.2) is 0 Å². The molecule has 1 N–H and O–H groups in total. The summed E-state index contributed by atoms with van der Waals surface area (Å²) in [6.45, 7) is 4.83. The van der Waals surface area contributed by atoms with Gasteiger partial charge in [0.2, 0.25) is 0 Å². The normalized spacial score (nSPS) is 10.6. The number of benzene rings is 1. The second-order valence-electron chi connectivity index (χ2n) is 5.62. The number of nitrogens with zero attached hydrogens (tertiary/aromatic N) is 2. The predicted octanol–water partition coefficient (Wildman–Crippen LogP) is 3.64. The first-order chi connectivity index (χ1) is 12.6. The highest BCUT2D eigenvalue weighted by molar-refractivity contribution is 6.02. The fraction of sp³-hybridized carbons (Fsp3) is 0.263. The van der Waals surface area contributed by atoms with Crippen molar-refractivity contribution in [2.75, 3.05) is 12.4 Å². The average molecular weight is 355 g/mol. The molecule has 0 aliphatic heterocycles. The summed E-state index contributed by atoms with van der Waals surface area (Å²) in [7, 11) is 1.58. The van der Waals surface area contributed by atoms with Gasteiger partial charge in [-0.1, -0.05) is 12.1 Å². The number of nitrogens with one attached hydrogen (secondary N) is 1. The Balaban J connectivity index is 1.63. The zero-order chi connectivity index (χ0) is 18.5. The van der Waals surface area contributed by atoms with Gasteiger partial charge in [0.25, 0.3) is 5.91 Å². The third kappa shape index (κ3) is 3.72. The molecule has 7 heteroatoms. The van der Waals surface area contributed by atoms with Crippen molar-refractivity contribution in [3.05, 3.63) is 59.8 Å². The van der Waals surface area contributed by atoms with E-state index in [2.05, 4.69) is 10.4 Å². The van der Waals surface area contributed by atoms with Crippen LogP contribution in [-0.4, -0.2) is 22.8 Å². The SMILES string of the molecule is CCn1ncc(NC(=O)c2ccc(COc3ccccc3OC)o2)c1C. The van der Waals surface area contributed by atoms with Gasteiger partial charge in [-0.3, -0.25) is 9.48 Å². The molecule has 3 rings (SSSR count). The van der Waals surface area contributed by atoms with Gasteiger partial charge < -0.3 is 19.2 Å².